The summed E-state index contributed by atoms with van der Waals surface area (Å²) in [5.41, 5.74) is 0.842. The highest BCUT2D eigenvalue weighted by Crippen LogP contribution is 2.35. The molecule has 3 rings (SSSR count). The normalized spacial score (nSPS) is 14.6. The van der Waals surface area contributed by atoms with Gasteiger partial charge in [0.25, 0.3) is 17.7 Å². The highest BCUT2D eigenvalue weighted by Gasteiger charge is 2.32. The third kappa shape index (κ3) is 5.97. The minimum absolute atomic E-state index is 0.0156. The van der Waals surface area contributed by atoms with E-state index in [9.17, 15) is 18.8 Å². The number of ether oxygens (including phenoxy) is 2. The molecule has 3 amide bonds. The Labute approximate surface area is 213 Å². The largest absolute Gasteiger partial charge is 0.493 e. The van der Waals surface area contributed by atoms with Crippen LogP contribution in [0.15, 0.2) is 54.6 Å². The molecule has 34 heavy (non-hydrogen) atoms. The summed E-state index contributed by atoms with van der Waals surface area (Å²) in [6.07, 6.45) is 2.93. The van der Waals surface area contributed by atoms with Gasteiger partial charge in [0.1, 0.15) is 11.4 Å². The van der Waals surface area contributed by atoms with Gasteiger partial charge in [0.2, 0.25) is 0 Å². The number of nitrogens with zero attached hydrogens (tertiary/aromatic N) is 1. The first-order valence-corrected chi connectivity index (χ1v) is 11.3. The second-order valence-corrected chi connectivity index (χ2v) is 8.45. The summed E-state index contributed by atoms with van der Waals surface area (Å²) < 4.78 is 24.6. The summed E-state index contributed by atoms with van der Waals surface area (Å²) in [6, 6.07) is 8.59. The fourth-order valence-corrected chi connectivity index (χ4v) is 4.02. The van der Waals surface area contributed by atoms with Gasteiger partial charge in [-0.15, -0.1) is 6.58 Å². The Balaban J connectivity index is 1.78. The van der Waals surface area contributed by atoms with Crippen molar-refractivity contribution in [3.05, 3.63) is 69.6 Å². The number of thiocarbonyl (C=S) groups is 1. The average molecular weight is 595 g/mol. The zero-order chi connectivity index (χ0) is 24.8. The standard InChI is InChI=1S/C23H19FIN3O5S/c1-3-8-28-22(31)16(21(30)27-23(28)34)9-13-10-17(25)20(18(11-13)32-2)33-12-19(29)26-15-6-4-14(24)5-7-15/h3-7,9-11H,1,8,12H2,2H3,(H,26,29)(H,27,30,34)/b16-9+. The third-order valence-electron chi connectivity index (χ3n) is 4.54. The number of benzene rings is 2. The van der Waals surface area contributed by atoms with Gasteiger partial charge in [-0.1, -0.05) is 6.08 Å². The van der Waals surface area contributed by atoms with Crippen LogP contribution in [0.4, 0.5) is 10.1 Å². The van der Waals surface area contributed by atoms with Crippen molar-refractivity contribution in [2.75, 3.05) is 25.6 Å². The van der Waals surface area contributed by atoms with Crippen LogP contribution < -0.4 is 20.1 Å². The fraction of sp³-hybridized carbons (Fsp3) is 0.130. The van der Waals surface area contributed by atoms with Crippen LogP contribution in [0.1, 0.15) is 5.56 Å². The molecule has 8 nitrogen and oxygen atoms in total. The number of hydrogen-bond donors (Lipinski definition) is 2. The minimum Gasteiger partial charge on any atom is -0.493 e. The van der Waals surface area contributed by atoms with E-state index >= 15 is 0 Å². The number of anilines is 1. The van der Waals surface area contributed by atoms with Crippen LogP contribution >= 0.6 is 34.8 Å². The first-order chi connectivity index (χ1) is 16.2. The predicted octanol–water partition coefficient (Wildman–Crippen LogP) is 3.27. The molecule has 0 bridgehead atoms. The maximum absolute atomic E-state index is 13.0. The molecule has 2 aromatic rings. The minimum atomic E-state index is -0.609. The van der Waals surface area contributed by atoms with Crippen LogP contribution in [0.5, 0.6) is 11.5 Å². The van der Waals surface area contributed by atoms with E-state index in [4.69, 9.17) is 21.7 Å². The highest BCUT2D eigenvalue weighted by molar-refractivity contribution is 14.1. The quantitative estimate of drug-likeness (QED) is 0.160. The van der Waals surface area contributed by atoms with E-state index in [0.29, 0.717) is 26.3 Å². The SMILES string of the molecule is C=CCN1C(=O)/C(=C/c2cc(I)c(OCC(=O)Nc3ccc(F)cc3)c(OC)c2)C(=O)NC1=S. The molecule has 11 heteroatoms. The molecule has 176 valence electrons. The Morgan fingerprint density at radius 1 is 1.29 bits per heavy atom. The van der Waals surface area contributed by atoms with E-state index in [1.54, 1.807) is 12.1 Å². The van der Waals surface area contributed by atoms with E-state index in [0.717, 1.165) is 0 Å². The lowest BCUT2D eigenvalue weighted by atomic mass is 10.1. The van der Waals surface area contributed by atoms with Crippen molar-refractivity contribution in [3.63, 3.8) is 0 Å². The van der Waals surface area contributed by atoms with Crippen LogP contribution in [-0.2, 0) is 14.4 Å². The Hall–Kier alpha value is -3.32. The van der Waals surface area contributed by atoms with Crippen LogP contribution in [-0.4, -0.2) is 48.0 Å². The Morgan fingerprint density at radius 3 is 2.65 bits per heavy atom. The van der Waals surface area contributed by atoms with E-state index < -0.39 is 23.5 Å². The van der Waals surface area contributed by atoms with Crippen molar-refractivity contribution >= 4 is 69.4 Å². The van der Waals surface area contributed by atoms with E-state index in [1.807, 2.05) is 22.6 Å². The van der Waals surface area contributed by atoms with Crippen molar-refractivity contribution < 1.29 is 28.2 Å². The maximum Gasteiger partial charge on any atom is 0.265 e. The third-order valence-corrected chi connectivity index (χ3v) is 5.66. The van der Waals surface area contributed by atoms with E-state index in [-0.39, 0.29) is 23.8 Å². The first kappa shape index (κ1) is 25.3. The summed E-state index contributed by atoms with van der Waals surface area (Å²) in [4.78, 5) is 38.5. The van der Waals surface area contributed by atoms with Crippen LogP contribution in [0.25, 0.3) is 6.08 Å². The van der Waals surface area contributed by atoms with Gasteiger partial charge in [-0.3, -0.25) is 24.6 Å². The average Bonchev–Trinajstić information content (AvgIpc) is 2.80. The molecule has 1 aliphatic rings. The smallest absolute Gasteiger partial charge is 0.265 e. The lowest BCUT2D eigenvalue weighted by Gasteiger charge is -2.27. The van der Waals surface area contributed by atoms with Gasteiger partial charge < -0.3 is 14.8 Å². The topological polar surface area (TPSA) is 97.0 Å². The molecular weight excluding hydrogens is 576 g/mol. The summed E-state index contributed by atoms with van der Waals surface area (Å²) in [6.45, 7) is 3.43. The number of amides is 3. The monoisotopic (exact) mass is 595 g/mol. The lowest BCUT2D eigenvalue weighted by Crippen LogP contribution is -2.53. The highest BCUT2D eigenvalue weighted by atomic mass is 127. The molecule has 0 aliphatic carbocycles. The molecule has 0 spiro atoms. The zero-order valence-corrected chi connectivity index (χ0v) is 20.9. The van der Waals surface area contributed by atoms with Crippen molar-refractivity contribution in [1.82, 2.24) is 10.2 Å². The first-order valence-electron chi connectivity index (χ1n) is 9.79. The number of halogens is 2. The maximum atomic E-state index is 13.0. The molecule has 0 unspecified atom stereocenters. The zero-order valence-electron chi connectivity index (χ0n) is 17.9. The van der Waals surface area contributed by atoms with Crippen molar-refractivity contribution in [2.45, 2.75) is 0 Å². The molecule has 1 saturated heterocycles. The molecule has 1 heterocycles. The Kier molecular flexibility index (Phi) is 8.34. The molecule has 0 atom stereocenters. The Bertz CT molecular complexity index is 1200. The van der Waals surface area contributed by atoms with Gasteiger partial charge in [-0.05, 0) is 82.8 Å². The van der Waals surface area contributed by atoms with Crippen molar-refractivity contribution in [1.29, 1.82) is 0 Å². The second kappa shape index (κ2) is 11.2. The number of methoxy groups -OCH3 is 1. The molecule has 1 fully saturated rings. The number of carbonyl (C=O) groups is 3. The van der Waals surface area contributed by atoms with Crippen molar-refractivity contribution in [3.8, 4) is 11.5 Å². The summed E-state index contributed by atoms with van der Waals surface area (Å²) in [5, 5.41) is 5.10. The summed E-state index contributed by atoms with van der Waals surface area (Å²) >= 11 is 7.05. The lowest BCUT2D eigenvalue weighted by molar-refractivity contribution is -0.128. The number of carbonyl (C=O) groups excluding carboxylic acids is 3. The van der Waals surface area contributed by atoms with Gasteiger partial charge in [0, 0.05) is 12.2 Å². The summed E-state index contributed by atoms with van der Waals surface area (Å²) in [7, 11) is 1.43. The van der Waals surface area contributed by atoms with Gasteiger partial charge in [-0.25, -0.2) is 4.39 Å². The van der Waals surface area contributed by atoms with E-state index in [2.05, 4.69) is 17.2 Å². The van der Waals surface area contributed by atoms with E-state index in [1.165, 1.54) is 48.4 Å². The molecule has 0 aromatic heterocycles. The van der Waals surface area contributed by atoms with Gasteiger partial charge >= 0.3 is 0 Å². The predicted molar refractivity (Wildman–Crippen MR) is 137 cm³/mol. The van der Waals surface area contributed by atoms with Crippen LogP contribution in [0.2, 0.25) is 0 Å². The summed E-state index contributed by atoms with van der Waals surface area (Å²) in [5.74, 6) is -1.39. The fourth-order valence-electron chi connectivity index (χ4n) is 2.99. The molecule has 1 aliphatic heterocycles. The number of nitrogens with one attached hydrogen (secondary N) is 2. The van der Waals surface area contributed by atoms with Crippen LogP contribution in [0, 0.1) is 9.39 Å². The van der Waals surface area contributed by atoms with Gasteiger partial charge in [0.05, 0.1) is 10.7 Å². The van der Waals surface area contributed by atoms with Gasteiger partial charge in [0.15, 0.2) is 23.2 Å². The van der Waals surface area contributed by atoms with Crippen LogP contribution in [0.3, 0.4) is 0 Å². The Morgan fingerprint density at radius 2 is 2.00 bits per heavy atom. The van der Waals surface area contributed by atoms with Gasteiger partial charge in [-0.2, -0.15) is 0 Å². The number of rotatable bonds is 8. The molecule has 0 saturated carbocycles. The molecule has 0 radical (unpaired) electrons. The molecule has 2 N–H and O–H groups in total. The number of hydrogen-bond acceptors (Lipinski definition) is 6. The van der Waals surface area contributed by atoms with Crippen molar-refractivity contribution in [2.24, 2.45) is 0 Å². The molecular formula is C23H19FIN3O5S. The second-order valence-electron chi connectivity index (χ2n) is 6.90. The molecule has 2 aromatic carbocycles.